The second-order valence-electron chi connectivity index (χ2n) is 9.11. The molecule has 0 aromatic heterocycles. The zero-order valence-corrected chi connectivity index (χ0v) is 15.9. The molecule has 0 amide bonds. The third kappa shape index (κ3) is 15.7. The molecule has 0 saturated carbocycles. The van der Waals surface area contributed by atoms with E-state index in [9.17, 15) is 9.59 Å². The Morgan fingerprint density at radius 3 is 1.09 bits per heavy atom. The Kier molecular flexibility index (Phi) is 9.87. The molecule has 130 valence electrons. The van der Waals surface area contributed by atoms with Crippen molar-refractivity contribution in [2.45, 2.75) is 106 Å². The lowest BCUT2D eigenvalue weighted by Gasteiger charge is -2.17. The number of hydrogen-bond acceptors (Lipinski definition) is 2. The van der Waals surface area contributed by atoms with E-state index >= 15 is 0 Å². The molecule has 22 heavy (non-hydrogen) atoms. The Morgan fingerprint density at radius 1 is 0.545 bits per heavy atom. The van der Waals surface area contributed by atoms with Gasteiger partial charge in [0.1, 0.15) is 11.6 Å². The van der Waals surface area contributed by atoms with Crippen molar-refractivity contribution < 1.29 is 9.59 Å². The molecule has 0 aliphatic heterocycles. The highest BCUT2D eigenvalue weighted by atomic mass is 16.1. The van der Waals surface area contributed by atoms with Crippen molar-refractivity contribution in [2.24, 2.45) is 10.8 Å². The lowest BCUT2D eigenvalue weighted by atomic mass is 9.89. The van der Waals surface area contributed by atoms with Crippen LogP contribution in [0.2, 0.25) is 0 Å². The average molecular weight is 311 g/mol. The summed E-state index contributed by atoms with van der Waals surface area (Å²) in [6.45, 7) is 13.3. The van der Waals surface area contributed by atoms with Crippen LogP contribution < -0.4 is 0 Å². The van der Waals surface area contributed by atoms with Crippen LogP contribution in [0.4, 0.5) is 0 Å². The summed E-state index contributed by atoms with van der Waals surface area (Å²) in [6, 6.07) is 0. The first-order chi connectivity index (χ1) is 9.99. The maximum absolute atomic E-state index is 11.8. The molecule has 0 bridgehead atoms. The van der Waals surface area contributed by atoms with E-state index in [1.54, 1.807) is 0 Å². The average Bonchev–Trinajstić information content (AvgIpc) is 2.31. The monoisotopic (exact) mass is 310 g/mol. The fourth-order valence-electron chi connectivity index (χ4n) is 2.53. The van der Waals surface area contributed by atoms with Gasteiger partial charge in [0.25, 0.3) is 0 Å². The van der Waals surface area contributed by atoms with Gasteiger partial charge in [-0.2, -0.15) is 0 Å². The van der Waals surface area contributed by atoms with Crippen LogP contribution in [0.3, 0.4) is 0 Å². The molecular weight excluding hydrogens is 272 g/mol. The van der Waals surface area contributed by atoms with E-state index in [0.29, 0.717) is 48.1 Å². The summed E-state index contributed by atoms with van der Waals surface area (Å²) in [5, 5.41) is 0. The molecule has 0 atom stereocenters. The second kappa shape index (κ2) is 10.2. The van der Waals surface area contributed by atoms with Gasteiger partial charge in [-0.15, -0.1) is 0 Å². The smallest absolute Gasteiger partial charge is 0.132 e. The van der Waals surface area contributed by atoms with E-state index in [0.717, 1.165) is 38.5 Å². The number of unbranched alkanes of at least 4 members (excludes halogenated alkanes) is 1. The molecular formula is C20H38O2. The SMILES string of the molecule is CC(C)(C)CCCC(=O)CCCCC(=O)CCCC(C)(C)C. The van der Waals surface area contributed by atoms with Crippen LogP contribution in [0.5, 0.6) is 0 Å². The highest BCUT2D eigenvalue weighted by Crippen LogP contribution is 2.23. The van der Waals surface area contributed by atoms with Gasteiger partial charge in [0.15, 0.2) is 0 Å². The normalized spacial score (nSPS) is 12.5. The summed E-state index contributed by atoms with van der Waals surface area (Å²) in [5.41, 5.74) is 0.638. The molecule has 0 aliphatic rings. The lowest BCUT2D eigenvalue weighted by Crippen LogP contribution is -2.07. The van der Waals surface area contributed by atoms with Crippen molar-refractivity contribution in [1.29, 1.82) is 0 Å². The molecule has 0 aromatic rings. The number of rotatable bonds is 11. The summed E-state index contributed by atoms with van der Waals surface area (Å²) >= 11 is 0. The van der Waals surface area contributed by atoms with Crippen LogP contribution in [0.15, 0.2) is 0 Å². The quantitative estimate of drug-likeness (QED) is 0.431. The zero-order valence-electron chi connectivity index (χ0n) is 15.9. The van der Waals surface area contributed by atoms with Gasteiger partial charge >= 0.3 is 0 Å². The maximum atomic E-state index is 11.8. The second-order valence-corrected chi connectivity index (χ2v) is 9.11. The largest absolute Gasteiger partial charge is 0.300 e. The molecule has 0 spiro atoms. The van der Waals surface area contributed by atoms with Crippen LogP contribution in [-0.2, 0) is 9.59 Å². The van der Waals surface area contributed by atoms with Crippen LogP contribution in [0.1, 0.15) is 106 Å². The van der Waals surface area contributed by atoms with E-state index in [2.05, 4.69) is 41.5 Å². The van der Waals surface area contributed by atoms with Gasteiger partial charge < -0.3 is 0 Å². The standard InChI is InChI=1S/C20H38O2/c1-19(2,3)15-9-13-17(21)11-7-8-12-18(22)14-10-16-20(4,5)6/h7-16H2,1-6H3. The molecule has 0 aliphatic carbocycles. The molecule has 0 fully saturated rings. The first-order valence-electron chi connectivity index (χ1n) is 9.03. The number of carbonyl (C=O) groups excluding carboxylic acids is 2. The molecule has 0 radical (unpaired) electrons. The molecule has 0 N–H and O–H groups in total. The summed E-state index contributed by atoms with van der Waals surface area (Å²) in [5.74, 6) is 0.730. The highest BCUT2D eigenvalue weighted by Gasteiger charge is 2.12. The van der Waals surface area contributed by atoms with Gasteiger partial charge in [0.2, 0.25) is 0 Å². The molecule has 0 aromatic carbocycles. The van der Waals surface area contributed by atoms with E-state index in [1.165, 1.54) is 0 Å². The minimum absolute atomic E-state index is 0.319. The van der Waals surface area contributed by atoms with Crippen LogP contribution in [0, 0.1) is 10.8 Å². The van der Waals surface area contributed by atoms with Crippen molar-refractivity contribution in [3.05, 3.63) is 0 Å². The number of hydrogen-bond donors (Lipinski definition) is 0. The zero-order chi connectivity index (χ0) is 17.2. The Morgan fingerprint density at radius 2 is 0.818 bits per heavy atom. The molecule has 0 rings (SSSR count). The van der Waals surface area contributed by atoms with Gasteiger partial charge in [0, 0.05) is 25.7 Å². The number of Topliss-reactive ketones (excluding diaryl/α,β-unsaturated/α-hetero) is 2. The van der Waals surface area contributed by atoms with Crippen molar-refractivity contribution in [1.82, 2.24) is 0 Å². The first kappa shape index (κ1) is 21.3. The fourth-order valence-corrected chi connectivity index (χ4v) is 2.53. The third-order valence-electron chi connectivity index (χ3n) is 3.93. The predicted octanol–water partition coefficient (Wildman–Crippen LogP) is 6.12. The van der Waals surface area contributed by atoms with Gasteiger partial charge in [-0.25, -0.2) is 0 Å². The first-order valence-corrected chi connectivity index (χ1v) is 9.03. The molecule has 2 heteroatoms. The fraction of sp³-hybridized carbons (Fsp3) is 0.900. The van der Waals surface area contributed by atoms with Gasteiger partial charge in [-0.1, -0.05) is 41.5 Å². The summed E-state index contributed by atoms with van der Waals surface area (Å²) in [6.07, 6.45) is 8.66. The van der Waals surface area contributed by atoms with Crippen molar-refractivity contribution in [2.75, 3.05) is 0 Å². The van der Waals surface area contributed by atoms with Gasteiger partial charge in [0.05, 0.1) is 0 Å². The molecule has 2 nitrogen and oxygen atoms in total. The highest BCUT2D eigenvalue weighted by molar-refractivity contribution is 5.79. The van der Waals surface area contributed by atoms with Crippen LogP contribution in [-0.4, -0.2) is 11.6 Å². The summed E-state index contributed by atoms with van der Waals surface area (Å²) < 4.78 is 0. The van der Waals surface area contributed by atoms with Crippen LogP contribution in [0.25, 0.3) is 0 Å². The van der Waals surface area contributed by atoms with Crippen molar-refractivity contribution in [3.63, 3.8) is 0 Å². The number of ketones is 2. The Balaban J connectivity index is 3.55. The molecule has 0 saturated heterocycles. The van der Waals surface area contributed by atoms with E-state index in [4.69, 9.17) is 0 Å². The maximum Gasteiger partial charge on any atom is 0.132 e. The summed E-state index contributed by atoms with van der Waals surface area (Å²) in [7, 11) is 0. The minimum Gasteiger partial charge on any atom is -0.300 e. The third-order valence-corrected chi connectivity index (χ3v) is 3.93. The molecule has 0 heterocycles. The van der Waals surface area contributed by atoms with Crippen molar-refractivity contribution >= 4 is 11.6 Å². The Hall–Kier alpha value is -0.660. The van der Waals surface area contributed by atoms with Crippen molar-refractivity contribution in [3.8, 4) is 0 Å². The molecule has 0 unspecified atom stereocenters. The van der Waals surface area contributed by atoms with E-state index in [1.807, 2.05) is 0 Å². The lowest BCUT2D eigenvalue weighted by molar-refractivity contribution is -0.121. The van der Waals surface area contributed by atoms with Gasteiger partial charge in [-0.05, 0) is 49.4 Å². The topological polar surface area (TPSA) is 34.1 Å². The minimum atomic E-state index is 0.319. The summed E-state index contributed by atoms with van der Waals surface area (Å²) in [4.78, 5) is 23.5. The predicted molar refractivity (Wildman–Crippen MR) is 95.1 cm³/mol. The van der Waals surface area contributed by atoms with Gasteiger partial charge in [-0.3, -0.25) is 9.59 Å². The van der Waals surface area contributed by atoms with E-state index in [-0.39, 0.29) is 0 Å². The van der Waals surface area contributed by atoms with E-state index < -0.39 is 0 Å². The Bertz CT molecular complexity index is 295. The Labute approximate surface area is 138 Å². The number of carbonyl (C=O) groups is 2. The van der Waals surface area contributed by atoms with Crippen LogP contribution >= 0.6 is 0 Å².